The van der Waals surface area contributed by atoms with Crippen LogP contribution >= 0.6 is 11.6 Å². The highest BCUT2D eigenvalue weighted by atomic mass is 35.5. The summed E-state index contributed by atoms with van der Waals surface area (Å²) in [7, 11) is 1.54. The largest absolute Gasteiger partial charge is 0.497 e. The van der Waals surface area contributed by atoms with Gasteiger partial charge in [-0.2, -0.15) is 0 Å². The molecule has 5 nitrogen and oxygen atoms in total. The second-order valence-electron chi connectivity index (χ2n) is 3.77. The van der Waals surface area contributed by atoms with Crippen molar-refractivity contribution < 1.29 is 9.53 Å². The normalized spacial score (nSPS) is 10.0. The Labute approximate surface area is 115 Å². The van der Waals surface area contributed by atoms with Crippen LogP contribution in [0.3, 0.4) is 0 Å². The van der Waals surface area contributed by atoms with Gasteiger partial charge in [0.2, 0.25) is 0 Å². The van der Waals surface area contributed by atoms with Crippen molar-refractivity contribution in [2.45, 2.75) is 0 Å². The predicted molar refractivity (Wildman–Crippen MR) is 74.6 cm³/mol. The Morgan fingerprint density at radius 2 is 2.16 bits per heavy atom. The van der Waals surface area contributed by atoms with E-state index in [1.54, 1.807) is 24.3 Å². The first-order valence-electron chi connectivity index (χ1n) is 5.46. The fourth-order valence-corrected chi connectivity index (χ4v) is 1.65. The minimum absolute atomic E-state index is 0.221. The zero-order valence-corrected chi connectivity index (χ0v) is 10.9. The van der Waals surface area contributed by atoms with Crippen molar-refractivity contribution in [3.8, 4) is 5.75 Å². The van der Waals surface area contributed by atoms with E-state index in [1.807, 2.05) is 0 Å². The van der Waals surface area contributed by atoms with Crippen molar-refractivity contribution in [1.82, 2.24) is 4.98 Å². The van der Waals surface area contributed by atoms with E-state index in [-0.39, 0.29) is 11.6 Å². The summed E-state index contributed by atoms with van der Waals surface area (Å²) in [5.74, 6) is 0.211. The summed E-state index contributed by atoms with van der Waals surface area (Å²) >= 11 is 6.00. The summed E-state index contributed by atoms with van der Waals surface area (Å²) in [6, 6.07) is 8.07. The van der Waals surface area contributed by atoms with Crippen molar-refractivity contribution in [2.75, 3.05) is 18.2 Å². The number of carbonyl (C=O) groups excluding carboxylic acids is 1. The number of methoxy groups -OCH3 is 1. The lowest BCUT2D eigenvalue weighted by atomic mass is 10.2. The number of pyridine rings is 1. The number of nitrogens with two attached hydrogens (primary N) is 1. The predicted octanol–water partition coefficient (Wildman–Crippen LogP) is 2.58. The van der Waals surface area contributed by atoms with Gasteiger partial charge in [-0.05, 0) is 24.3 Å². The number of amides is 1. The molecule has 1 heterocycles. The van der Waals surface area contributed by atoms with Gasteiger partial charge in [-0.3, -0.25) is 9.78 Å². The lowest BCUT2D eigenvalue weighted by Gasteiger charge is -2.09. The lowest BCUT2D eigenvalue weighted by Crippen LogP contribution is -2.14. The molecule has 0 saturated heterocycles. The molecule has 0 unspecified atom stereocenters. The van der Waals surface area contributed by atoms with Crippen molar-refractivity contribution in [3.63, 3.8) is 0 Å². The lowest BCUT2D eigenvalue weighted by molar-refractivity contribution is 0.102. The van der Waals surface area contributed by atoms with Gasteiger partial charge in [0.1, 0.15) is 11.4 Å². The molecule has 3 N–H and O–H groups in total. The van der Waals surface area contributed by atoms with Gasteiger partial charge in [0, 0.05) is 18.0 Å². The topological polar surface area (TPSA) is 77.2 Å². The summed E-state index contributed by atoms with van der Waals surface area (Å²) < 4.78 is 5.07. The smallest absolute Gasteiger partial charge is 0.274 e. The fourth-order valence-electron chi connectivity index (χ4n) is 1.48. The van der Waals surface area contributed by atoms with E-state index in [0.717, 1.165) is 0 Å². The van der Waals surface area contributed by atoms with Gasteiger partial charge in [0.15, 0.2) is 0 Å². The highest BCUT2D eigenvalue weighted by molar-refractivity contribution is 6.34. The number of halogens is 1. The van der Waals surface area contributed by atoms with E-state index in [0.29, 0.717) is 22.1 Å². The van der Waals surface area contributed by atoms with Gasteiger partial charge in [-0.25, -0.2) is 0 Å². The first-order chi connectivity index (χ1) is 9.10. The number of benzene rings is 1. The number of carbonyl (C=O) groups is 1. The third-order valence-electron chi connectivity index (χ3n) is 2.44. The van der Waals surface area contributed by atoms with Crippen LogP contribution in [-0.2, 0) is 0 Å². The Kier molecular flexibility index (Phi) is 3.87. The maximum atomic E-state index is 12.0. The highest BCUT2D eigenvalue weighted by Gasteiger charge is 2.10. The van der Waals surface area contributed by atoms with Crippen LogP contribution in [-0.4, -0.2) is 18.0 Å². The molecule has 6 heteroatoms. The van der Waals surface area contributed by atoms with Crippen molar-refractivity contribution in [3.05, 3.63) is 47.2 Å². The molecule has 98 valence electrons. The molecule has 0 fully saturated rings. The van der Waals surface area contributed by atoms with Gasteiger partial charge in [-0.1, -0.05) is 11.6 Å². The molecule has 0 spiro atoms. The minimum atomic E-state index is -0.387. The molecule has 2 aromatic rings. The van der Waals surface area contributed by atoms with Gasteiger partial charge in [-0.15, -0.1) is 0 Å². The van der Waals surface area contributed by atoms with Gasteiger partial charge in [0.05, 0.1) is 17.8 Å². The average Bonchev–Trinajstić information content (AvgIpc) is 2.41. The summed E-state index contributed by atoms with van der Waals surface area (Å²) in [6.07, 6.45) is 1.47. The molecule has 0 bridgehead atoms. The molecular weight excluding hydrogens is 266 g/mol. The van der Waals surface area contributed by atoms with Crippen LogP contribution in [0.2, 0.25) is 5.02 Å². The monoisotopic (exact) mass is 277 g/mol. The molecule has 0 aliphatic heterocycles. The Morgan fingerprint density at radius 1 is 1.37 bits per heavy atom. The van der Waals surface area contributed by atoms with Crippen LogP contribution in [0.5, 0.6) is 5.75 Å². The highest BCUT2D eigenvalue weighted by Crippen LogP contribution is 2.27. The van der Waals surface area contributed by atoms with Crippen LogP contribution in [0.15, 0.2) is 36.5 Å². The van der Waals surface area contributed by atoms with E-state index in [1.165, 1.54) is 19.4 Å². The molecule has 1 amide bonds. The third-order valence-corrected chi connectivity index (χ3v) is 2.77. The van der Waals surface area contributed by atoms with Crippen molar-refractivity contribution in [1.29, 1.82) is 0 Å². The minimum Gasteiger partial charge on any atom is -0.497 e. The molecule has 1 aromatic carbocycles. The number of hydrogen-bond donors (Lipinski definition) is 2. The number of anilines is 2. The summed E-state index contributed by atoms with van der Waals surface area (Å²) in [5, 5.41) is 3.07. The summed E-state index contributed by atoms with van der Waals surface area (Å²) in [6.45, 7) is 0. The number of nitrogens with zero attached hydrogens (tertiary/aromatic N) is 1. The van der Waals surface area contributed by atoms with E-state index in [9.17, 15) is 4.79 Å². The van der Waals surface area contributed by atoms with E-state index in [4.69, 9.17) is 22.1 Å². The van der Waals surface area contributed by atoms with Crippen LogP contribution in [0.25, 0.3) is 0 Å². The first-order valence-corrected chi connectivity index (χ1v) is 5.84. The summed E-state index contributed by atoms with van der Waals surface area (Å²) in [4.78, 5) is 15.9. The maximum Gasteiger partial charge on any atom is 0.274 e. The molecule has 0 radical (unpaired) electrons. The number of hydrogen-bond acceptors (Lipinski definition) is 4. The number of ether oxygens (including phenoxy) is 1. The molecule has 0 atom stereocenters. The number of nitrogen functional groups attached to an aromatic ring is 1. The van der Waals surface area contributed by atoms with Gasteiger partial charge in [0.25, 0.3) is 5.91 Å². The van der Waals surface area contributed by atoms with Crippen LogP contribution in [0.4, 0.5) is 11.4 Å². The quantitative estimate of drug-likeness (QED) is 0.904. The van der Waals surface area contributed by atoms with Crippen molar-refractivity contribution in [2.24, 2.45) is 0 Å². The van der Waals surface area contributed by atoms with Crippen LogP contribution < -0.4 is 15.8 Å². The Bertz CT molecular complexity index is 617. The van der Waals surface area contributed by atoms with E-state index in [2.05, 4.69) is 10.3 Å². The molecule has 0 saturated carbocycles. The Hall–Kier alpha value is -2.27. The standard InChI is InChI=1S/C13H12ClN3O2/c1-19-9-2-3-10(14)11(7-9)17-13(18)12-6-8(15)4-5-16-12/h2-7H,1H3,(H2,15,16)(H,17,18). The maximum absolute atomic E-state index is 12.0. The zero-order valence-electron chi connectivity index (χ0n) is 10.2. The molecule has 2 rings (SSSR count). The van der Waals surface area contributed by atoms with Crippen LogP contribution in [0, 0.1) is 0 Å². The molecule has 1 aromatic heterocycles. The molecule has 0 aliphatic rings. The van der Waals surface area contributed by atoms with E-state index >= 15 is 0 Å². The number of nitrogens with one attached hydrogen (secondary N) is 1. The van der Waals surface area contributed by atoms with Gasteiger partial charge < -0.3 is 15.8 Å². The molecule has 0 aliphatic carbocycles. The second-order valence-corrected chi connectivity index (χ2v) is 4.18. The summed E-state index contributed by atoms with van der Waals surface area (Å²) in [5.41, 5.74) is 6.74. The van der Waals surface area contributed by atoms with Crippen molar-refractivity contribution >= 4 is 28.9 Å². The third kappa shape index (κ3) is 3.14. The zero-order chi connectivity index (χ0) is 13.8. The molecule has 19 heavy (non-hydrogen) atoms. The first kappa shape index (κ1) is 13.2. The Balaban J connectivity index is 2.23. The SMILES string of the molecule is COc1ccc(Cl)c(NC(=O)c2cc(N)ccn2)c1. The van der Waals surface area contributed by atoms with Crippen LogP contribution in [0.1, 0.15) is 10.5 Å². The second kappa shape index (κ2) is 5.58. The molecular formula is C13H12ClN3O2. The number of aromatic nitrogens is 1. The number of rotatable bonds is 3. The fraction of sp³-hybridized carbons (Fsp3) is 0.0769. The Morgan fingerprint density at radius 3 is 2.84 bits per heavy atom. The van der Waals surface area contributed by atoms with E-state index < -0.39 is 0 Å². The average molecular weight is 278 g/mol. The van der Waals surface area contributed by atoms with Gasteiger partial charge >= 0.3 is 0 Å².